The van der Waals surface area contributed by atoms with Gasteiger partial charge in [-0.3, -0.25) is 4.90 Å². The summed E-state index contributed by atoms with van der Waals surface area (Å²) in [5.41, 5.74) is 4.02. The number of aromatic nitrogens is 2. The van der Waals surface area contributed by atoms with Crippen molar-refractivity contribution < 1.29 is 0 Å². The number of imidazole rings is 1. The minimum atomic E-state index is 0.757. The van der Waals surface area contributed by atoms with E-state index < -0.39 is 0 Å². The summed E-state index contributed by atoms with van der Waals surface area (Å²) in [6.45, 7) is 4.65. The molecule has 2 atom stereocenters. The third-order valence-electron chi connectivity index (χ3n) is 5.51. The van der Waals surface area contributed by atoms with E-state index in [1.807, 2.05) is 0 Å². The summed E-state index contributed by atoms with van der Waals surface area (Å²) < 4.78 is 2.46. The fraction of sp³-hybridized carbons (Fsp3) is 0.350. The average Bonchev–Trinajstić information content (AvgIpc) is 3.32. The lowest BCUT2D eigenvalue weighted by atomic mass is 9.89. The van der Waals surface area contributed by atoms with Crippen LogP contribution in [0, 0.1) is 11.8 Å². The number of fused-ring (bicyclic) bond motifs is 2. The van der Waals surface area contributed by atoms with E-state index in [1.54, 1.807) is 11.3 Å². The van der Waals surface area contributed by atoms with Crippen molar-refractivity contribution in [2.45, 2.75) is 19.5 Å². The van der Waals surface area contributed by atoms with E-state index in [1.165, 1.54) is 35.7 Å². The summed E-state index contributed by atoms with van der Waals surface area (Å²) >= 11 is 1.80. The molecule has 5 rings (SSSR count). The molecule has 1 saturated heterocycles. The molecule has 122 valence electrons. The van der Waals surface area contributed by atoms with Gasteiger partial charge in [0.05, 0.1) is 11.9 Å². The topological polar surface area (TPSA) is 21.1 Å². The molecule has 0 N–H and O–H groups in total. The molecule has 0 unspecified atom stereocenters. The van der Waals surface area contributed by atoms with Crippen LogP contribution in [-0.4, -0.2) is 27.5 Å². The van der Waals surface area contributed by atoms with Crippen molar-refractivity contribution in [1.29, 1.82) is 0 Å². The van der Waals surface area contributed by atoms with Crippen LogP contribution in [0.15, 0.2) is 53.4 Å². The standard InChI is InChI=1S/C20H21N3S/c1-2-4-16(5-3-1)19-9-21-20-8-17-11-22(10-15-6-7-24-14-15)12-18(17)13-23(19)20/h1-7,9,14,17-18H,8,10-13H2/t17-,18+/m0/s1. The van der Waals surface area contributed by atoms with E-state index in [-0.39, 0.29) is 0 Å². The first kappa shape index (κ1) is 14.4. The lowest BCUT2D eigenvalue weighted by molar-refractivity contribution is 0.307. The smallest absolute Gasteiger partial charge is 0.109 e. The first-order valence-corrected chi connectivity index (χ1v) is 9.64. The predicted octanol–water partition coefficient (Wildman–Crippen LogP) is 3.92. The zero-order valence-corrected chi connectivity index (χ0v) is 14.5. The molecular weight excluding hydrogens is 314 g/mol. The van der Waals surface area contributed by atoms with Crippen molar-refractivity contribution in [3.63, 3.8) is 0 Å². The van der Waals surface area contributed by atoms with E-state index in [9.17, 15) is 0 Å². The second-order valence-corrected chi connectivity index (χ2v) is 7.87. The molecule has 0 aliphatic carbocycles. The first-order chi connectivity index (χ1) is 11.9. The number of likely N-dealkylation sites (tertiary alicyclic amines) is 1. The monoisotopic (exact) mass is 335 g/mol. The summed E-state index contributed by atoms with van der Waals surface area (Å²) in [5.74, 6) is 2.79. The van der Waals surface area contributed by atoms with E-state index in [4.69, 9.17) is 4.98 Å². The molecule has 0 spiro atoms. The highest BCUT2D eigenvalue weighted by molar-refractivity contribution is 7.07. The average molecular weight is 335 g/mol. The van der Waals surface area contributed by atoms with Crippen LogP contribution in [0.5, 0.6) is 0 Å². The van der Waals surface area contributed by atoms with Crippen LogP contribution in [0.25, 0.3) is 11.3 Å². The molecule has 0 saturated carbocycles. The maximum atomic E-state index is 4.74. The van der Waals surface area contributed by atoms with Crippen LogP contribution in [0.4, 0.5) is 0 Å². The van der Waals surface area contributed by atoms with Crippen LogP contribution >= 0.6 is 11.3 Å². The summed E-state index contributed by atoms with van der Waals surface area (Å²) in [7, 11) is 0. The largest absolute Gasteiger partial charge is 0.328 e. The highest BCUT2D eigenvalue weighted by Gasteiger charge is 2.37. The van der Waals surface area contributed by atoms with Crippen molar-refractivity contribution >= 4 is 11.3 Å². The van der Waals surface area contributed by atoms with Crippen molar-refractivity contribution in [1.82, 2.24) is 14.5 Å². The van der Waals surface area contributed by atoms with Gasteiger partial charge in [0.2, 0.25) is 0 Å². The Morgan fingerprint density at radius 2 is 1.92 bits per heavy atom. The van der Waals surface area contributed by atoms with Crippen LogP contribution in [0.2, 0.25) is 0 Å². The number of nitrogens with zero attached hydrogens (tertiary/aromatic N) is 3. The van der Waals surface area contributed by atoms with Gasteiger partial charge >= 0.3 is 0 Å². The van der Waals surface area contributed by atoms with E-state index in [0.717, 1.165) is 31.3 Å². The zero-order chi connectivity index (χ0) is 15.9. The summed E-state index contributed by atoms with van der Waals surface area (Å²) in [5, 5.41) is 4.46. The lowest BCUT2D eigenvalue weighted by Gasteiger charge is -2.27. The van der Waals surface area contributed by atoms with Gasteiger partial charge in [0.15, 0.2) is 0 Å². The molecule has 3 nitrogen and oxygen atoms in total. The van der Waals surface area contributed by atoms with Gasteiger partial charge in [-0.1, -0.05) is 30.3 Å². The Hall–Kier alpha value is -1.91. The molecule has 0 amide bonds. The van der Waals surface area contributed by atoms with Crippen molar-refractivity contribution in [3.05, 3.63) is 64.7 Å². The normalized spacial score (nSPS) is 23.2. The summed E-state index contributed by atoms with van der Waals surface area (Å²) in [4.78, 5) is 7.37. The quantitative estimate of drug-likeness (QED) is 0.723. The van der Waals surface area contributed by atoms with Crippen LogP contribution in [-0.2, 0) is 19.5 Å². The Balaban J connectivity index is 1.37. The number of hydrogen-bond donors (Lipinski definition) is 0. The molecule has 2 aliphatic heterocycles. The minimum Gasteiger partial charge on any atom is -0.328 e. The van der Waals surface area contributed by atoms with E-state index >= 15 is 0 Å². The zero-order valence-electron chi connectivity index (χ0n) is 13.6. The van der Waals surface area contributed by atoms with Crippen molar-refractivity contribution in [3.8, 4) is 11.3 Å². The molecule has 2 aromatic heterocycles. The van der Waals surface area contributed by atoms with Gasteiger partial charge in [-0.15, -0.1) is 0 Å². The molecule has 3 aromatic rings. The molecule has 0 radical (unpaired) electrons. The summed E-state index contributed by atoms with van der Waals surface area (Å²) in [6.07, 6.45) is 3.19. The second kappa shape index (κ2) is 5.87. The van der Waals surface area contributed by atoms with Gasteiger partial charge in [-0.2, -0.15) is 11.3 Å². The third kappa shape index (κ3) is 2.50. The molecule has 4 heterocycles. The Labute approximate surface area is 146 Å². The van der Waals surface area contributed by atoms with Gasteiger partial charge in [0.1, 0.15) is 5.82 Å². The fourth-order valence-electron chi connectivity index (χ4n) is 4.33. The van der Waals surface area contributed by atoms with Gasteiger partial charge in [-0.25, -0.2) is 4.98 Å². The Morgan fingerprint density at radius 3 is 2.75 bits per heavy atom. The Bertz CT molecular complexity index is 822. The maximum absolute atomic E-state index is 4.74. The Morgan fingerprint density at radius 1 is 1.04 bits per heavy atom. The van der Waals surface area contributed by atoms with E-state index in [0.29, 0.717) is 0 Å². The number of benzene rings is 1. The van der Waals surface area contributed by atoms with Crippen LogP contribution < -0.4 is 0 Å². The van der Waals surface area contributed by atoms with Crippen molar-refractivity contribution in [2.24, 2.45) is 11.8 Å². The molecule has 0 bridgehead atoms. The van der Waals surface area contributed by atoms with E-state index in [2.05, 4.69) is 62.8 Å². The Kier molecular flexibility index (Phi) is 3.53. The number of rotatable bonds is 3. The van der Waals surface area contributed by atoms with Crippen molar-refractivity contribution in [2.75, 3.05) is 13.1 Å². The molecule has 4 heteroatoms. The molecular formula is C20H21N3S. The molecule has 24 heavy (non-hydrogen) atoms. The second-order valence-electron chi connectivity index (χ2n) is 7.09. The molecule has 1 fully saturated rings. The minimum absolute atomic E-state index is 0.757. The first-order valence-electron chi connectivity index (χ1n) is 8.70. The number of thiophene rings is 1. The number of hydrogen-bond acceptors (Lipinski definition) is 3. The highest BCUT2D eigenvalue weighted by atomic mass is 32.1. The molecule has 1 aromatic carbocycles. The van der Waals surface area contributed by atoms with Crippen LogP contribution in [0.3, 0.4) is 0 Å². The van der Waals surface area contributed by atoms with Gasteiger partial charge in [0, 0.05) is 32.6 Å². The van der Waals surface area contributed by atoms with Gasteiger partial charge < -0.3 is 4.57 Å². The summed E-state index contributed by atoms with van der Waals surface area (Å²) in [6, 6.07) is 12.9. The predicted molar refractivity (Wildman–Crippen MR) is 97.9 cm³/mol. The lowest BCUT2D eigenvalue weighted by Crippen LogP contribution is -2.28. The highest BCUT2D eigenvalue weighted by Crippen LogP contribution is 2.35. The third-order valence-corrected chi connectivity index (χ3v) is 6.24. The SMILES string of the molecule is c1ccc(-c2cnc3n2C[C@H]2CN(Cc4ccsc4)C[C@@H]2C3)cc1. The maximum Gasteiger partial charge on any atom is 0.109 e. The van der Waals surface area contributed by atoms with Gasteiger partial charge in [-0.05, 0) is 39.8 Å². The van der Waals surface area contributed by atoms with Crippen LogP contribution in [0.1, 0.15) is 11.4 Å². The fourth-order valence-corrected chi connectivity index (χ4v) is 4.99. The molecule has 2 aliphatic rings. The van der Waals surface area contributed by atoms with Gasteiger partial charge in [0.25, 0.3) is 0 Å².